The van der Waals surface area contributed by atoms with Gasteiger partial charge in [0.25, 0.3) is 0 Å². The van der Waals surface area contributed by atoms with Crippen LogP contribution < -0.4 is 0 Å². The lowest BCUT2D eigenvalue weighted by Gasteiger charge is -2.56. The lowest BCUT2D eigenvalue weighted by atomic mass is 9.49. The zero-order valence-corrected chi connectivity index (χ0v) is 16.7. The van der Waals surface area contributed by atoms with Gasteiger partial charge in [-0.1, -0.05) is 13.8 Å². The average molecular weight is 363 g/mol. The number of carboxylic acids is 1. The van der Waals surface area contributed by atoms with E-state index in [4.69, 9.17) is 5.11 Å². The first-order chi connectivity index (χ1) is 12.4. The van der Waals surface area contributed by atoms with Crippen molar-refractivity contribution in [3.63, 3.8) is 0 Å². The van der Waals surface area contributed by atoms with Crippen molar-refractivity contribution in [1.29, 1.82) is 0 Å². The Morgan fingerprint density at radius 2 is 1.81 bits per heavy atom. The molecule has 0 spiro atoms. The summed E-state index contributed by atoms with van der Waals surface area (Å²) in [5.74, 6) is 4.97. The van der Waals surface area contributed by atoms with Gasteiger partial charge in [-0.05, 0) is 111 Å². The van der Waals surface area contributed by atoms with Gasteiger partial charge in [0, 0.05) is 6.42 Å². The summed E-state index contributed by atoms with van der Waals surface area (Å²) in [6.07, 6.45) is 12.6. The van der Waals surface area contributed by atoms with Gasteiger partial charge in [-0.15, -0.1) is 0 Å². The Bertz CT molecular complexity index is 532. The Kier molecular flexibility index (Phi) is 5.14. The molecule has 4 aliphatic carbocycles. The van der Waals surface area contributed by atoms with Crippen molar-refractivity contribution in [2.75, 3.05) is 0 Å². The van der Waals surface area contributed by atoms with Crippen LogP contribution in [0.2, 0.25) is 0 Å². The molecular weight excluding hydrogens is 324 g/mol. The third kappa shape index (κ3) is 3.12. The number of carboxylic acid groups (broad SMARTS) is 1. The fourth-order valence-electron chi connectivity index (χ4n) is 8.36. The van der Waals surface area contributed by atoms with Crippen LogP contribution in [-0.2, 0) is 4.79 Å². The molecule has 0 aromatic carbocycles. The van der Waals surface area contributed by atoms with Gasteiger partial charge in [0.2, 0.25) is 0 Å². The quantitative estimate of drug-likeness (QED) is 0.730. The van der Waals surface area contributed by atoms with E-state index < -0.39 is 5.97 Å². The monoisotopic (exact) mass is 362 g/mol. The van der Waals surface area contributed by atoms with Crippen LogP contribution in [0.5, 0.6) is 0 Å². The minimum absolute atomic E-state index is 0.0346. The molecule has 4 fully saturated rings. The van der Waals surface area contributed by atoms with E-state index in [1.54, 1.807) is 0 Å². The van der Waals surface area contributed by atoms with Crippen LogP contribution in [0.4, 0.5) is 0 Å². The molecule has 3 nitrogen and oxygen atoms in total. The van der Waals surface area contributed by atoms with Crippen molar-refractivity contribution < 1.29 is 15.0 Å². The topological polar surface area (TPSA) is 57.5 Å². The Morgan fingerprint density at radius 1 is 1.04 bits per heavy atom. The first kappa shape index (κ1) is 18.8. The highest BCUT2D eigenvalue weighted by atomic mass is 16.4. The van der Waals surface area contributed by atoms with Crippen molar-refractivity contribution in [3.8, 4) is 0 Å². The van der Waals surface area contributed by atoms with Gasteiger partial charge < -0.3 is 10.2 Å². The fraction of sp³-hybridized carbons (Fsp3) is 0.957. The summed E-state index contributed by atoms with van der Waals surface area (Å²) in [5, 5.41) is 19.1. The highest BCUT2D eigenvalue weighted by molar-refractivity contribution is 5.66. The van der Waals surface area contributed by atoms with Crippen molar-refractivity contribution >= 4 is 5.97 Å². The van der Waals surface area contributed by atoms with E-state index in [-0.39, 0.29) is 6.10 Å². The third-order valence-corrected chi connectivity index (χ3v) is 9.50. The summed E-state index contributed by atoms with van der Waals surface area (Å²) < 4.78 is 0. The molecule has 0 aromatic rings. The molecular formula is C23H38O3. The van der Waals surface area contributed by atoms with Gasteiger partial charge in [0.15, 0.2) is 0 Å². The predicted octanol–water partition coefficient (Wildman–Crippen LogP) is 5.12. The molecule has 3 heteroatoms. The maximum atomic E-state index is 11.0. The second-order valence-electron chi connectivity index (χ2n) is 10.5. The second-order valence-corrected chi connectivity index (χ2v) is 10.5. The Balaban J connectivity index is 1.47. The molecule has 148 valence electrons. The summed E-state index contributed by atoms with van der Waals surface area (Å²) in [6.45, 7) is 4.87. The lowest BCUT2D eigenvalue weighted by molar-refractivity contribution is -0.137. The number of hydrogen-bond acceptors (Lipinski definition) is 2. The third-order valence-electron chi connectivity index (χ3n) is 9.50. The van der Waals surface area contributed by atoms with Crippen molar-refractivity contribution in [2.24, 2.45) is 46.8 Å². The molecule has 0 aromatic heterocycles. The maximum Gasteiger partial charge on any atom is 0.303 e. The maximum absolute atomic E-state index is 11.0. The summed E-state index contributed by atoms with van der Waals surface area (Å²) in [5.41, 5.74) is 0.445. The normalized spacial score (nSPS) is 49.0. The van der Waals surface area contributed by atoms with Gasteiger partial charge in [0.1, 0.15) is 0 Å². The molecule has 0 aliphatic heterocycles. The van der Waals surface area contributed by atoms with Gasteiger partial charge in [-0.3, -0.25) is 4.79 Å². The molecule has 0 saturated heterocycles. The summed E-state index contributed by atoms with van der Waals surface area (Å²) in [6, 6.07) is 0. The smallest absolute Gasteiger partial charge is 0.303 e. The van der Waals surface area contributed by atoms with Gasteiger partial charge in [0.05, 0.1) is 6.10 Å². The van der Waals surface area contributed by atoms with Crippen LogP contribution in [0, 0.1) is 46.8 Å². The minimum atomic E-state index is -0.641. The summed E-state index contributed by atoms with van der Waals surface area (Å²) >= 11 is 0. The number of hydrogen-bond donors (Lipinski definition) is 2. The zero-order chi connectivity index (χ0) is 18.5. The van der Waals surface area contributed by atoms with Crippen molar-refractivity contribution in [1.82, 2.24) is 0 Å². The molecule has 9 atom stereocenters. The molecule has 0 radical (unpaired) electrons. The molecule has 0 amide bonds. The number of rotatable bonds is 4. The molecule has 7 unspecified atom stereocenters. The highest BCUT2D eigenvalue weighted by Crippen LogP contribution is 2.65. The molecule has 4 saturated carbocycles. The van der Waals surface area contributed by atoms with Crippen molar-refractivity contribution in [3.05, 3.63) is 0 Å². The lowest BCUT2D eigenvalue weighted by Crippen LogP contribution is -2.49. The first-order valence-corrected chi connectivity index (χ1v) is 11.3. The molecule has 0 heterocycles. The van der Waals surface area contributed by atoms with Gasteiger partial charge in [-0.25, -0.2) is 0 Å². The van der Waals surface area contributed by atoms with Crippen molar-refractivity contribution in [2.45, 2.75) is 90.6 Å². The second kappa shape index (κ2) is 7.11. The van der Waals surface area contributed by atoms with E-state index in [0.717, 1.165) is 54.8 Å². The summed E-state index contributed by atoms with van der Waals surface area (Å²) in [7, 11) is 0. The first-order valence-electron chi connectivity index (χ1n) is 11.3. The van der Waals surface area contributed by atoms with Crippen LogP contribution >= 0.6 is 0 Å². The number of aliphatic hydroxyl groups excluding tert-OH is 1. The largest absolute Gasteiger partial charge is 0.481 e. The molecule has 4 aliphatic rings. The number of aliphatic carboxylic acids is 1. The van der Waals surface area contributed by atoms with Gasteiger partial charge >= 0.3 is 5.97 Å². The van der Waals surface area contributed by atoms with E-state index in [2.05, 4.69) is 13.8 Å². The predicted molar refractivity (Wildman–Crippen MR) is 103 cm³/mol. The molecule has 26 heavy (non-hydrogen) atoms. The SMILES string of the molecule is C[C@H](CCC(=O)O)C1CCC2C3CCC4CC(O)CCC4C3CC[C@@]21C. The number of fused-ring (bicyclic) bond motifs is 5. The standard InChI is InChI=1S/C23H38O3/c1-14(3-10-22(25)26)20-8-9-21-19-6-4-15-13-16(24)5-7-17(15)18(19)11-12-23(20,21)2/h14-21,24H,3-13H2,1-2H3,(H,25,26)/t14-,15?,16?,17?,18?,19?,20?,21?,23-/m1/s1. The number of aliphatic hydroxyl groups is 1. The van der Waals surface area contributed by atoms with Gasteiger partial charge in [-0.2, -0.15) is 0 Å². The van der Waals surface area contributed by atoms with Crippen LogP contribution in [0.25, 0.3) is 0 Å². The van der Waals surface area contributed by atoms with E-state index in [1.165, 1.54) is 44.9 Å². The fourth-order valence-corrected chi connectivity index (χ4v) is 8.36. The highest BCUT2D eigenvalue weighted by Gasteiger charge is 2.57. The van der Waals surface area contributed by atoms with E-state index in [1.807, 2.05) is 0 Å². The Hall–Kier alpha value is -0.570. The number of carbonyl (C=O) groups is 1. The van der Waals surface area contributed by atoms with E-state index in [9.17, 15) is 9.90 Å². The van der Waals surface area contributed by atoms with Crippen LogP contribution in [0.3, 0.4) is 0 Å². The van der Waals surface area contributed by atoms with Crippen LogP contribution in [-0.4, -0.2) is 22.3 Å². The van der Waals surface area contributed by atoms with Crippen LogP contribution in [0.15, 0.2) is 0 Å². The zero-order valence-electron chi connectivity index (χ0n) is 16.7. The molecule has 2 N–H and O–H groups in total. The summed E-state index contributed by atoms with van der Waals surface area (Å²) in [4.78, 5) is 11.0. The van der Waals surface area contributed by atoms with E-state index >= 15 is 0 Å². The Labute approximate surface area is 158 Å². The van der Waals surface area contributed by atoms with E-state index in [0.29, 0.717) is 17.8 Å². The average Bonchev–Trinajstić information content (AvgIpc) is 2.96. The Morgan fingerprint density at radius 3 is 2.58 bits per heavy atom. The van der Waals surface area contributed by atoms with Crippen LogP contribution in [0.1, 0.15) is 84.5 Å². The minimum Gasteiger partial charge on any atom is -0.481 e. The molecule has 0 bridgehead atoms. The molecule has 4 rings (SSSR count).